The summed E-state index contributed by atoms with van der Waals surface area (Å²) in [7, 11) is 0. The van der Waals surface area contributed by atoms with E-state index >= 15 is 0 Å². The molecule has 0 saturated carbocycles. The minimum Gasteiger partial charge on any atom is -0.492 e. The Hall–Kier alpha value is -2.86. The summed E-state index contributed by atoms with van der Waals surface area (Å²) in [5.74, 6) is 2.37. The summed E-state index contributed by atoms with van der Waals surface area (Å²) in [6, 6.07) is 15.4. The van der Waals surface area contributed by atoms with Gasteiger partial charge in [0.25, 0.3) is 5.56 Å². The van der Waals surface area contributed by atoms with Crippen LogP contribution in [-0.4, -0.2) is 28.2 Å². The number of nitrogens with zero attached hydrogens (tertiary/aromatic N) is 3. The fourth-order valence-corrected chi connectivity index (χ4v) is 3.82. The molecule has 2 aromatic carbocycles. The maximum atomic E-state index is 12.8. The van der Waals surface area contributed by atoms with Gasteiger partial charge in [-0.05, 0) is 35.9 Å². The van der Waals surface area contributed by atoms with Gasteiger partial charge >= 0.3 is 0 Å². The highest BCUT2D eigenvalue weighted by Crippen LogP contribution is 2.23. The zero-order valence-electron chi connectivity index (χ0n) is 15.7. The molecule has 1 aliphatic rings. The monoisotopic (exact) mass is 391 g/mol. The third kappa shape index (κ3) is 4.02. The van der Waals surface area contributed by atoms with E-state index in [0.29, 0.717) is 25.0 Å². The van der Waals surface area contributed by atoms with Crippen molar-refractivity contribution in [3.63, 3.8) is 0 Å². The highest BCUT2D eigenvalue weighted by molar-refractivity contribution is 8.04. The van der Waals surface area contributed by atoms with Crippen molar-refractivity contribution in [2.75, 3.05) is 12.5 Å². The Kier molecular flexibility index (Phi) is 5.58. The lowest BCUT2D eigenvalue weighted by Gasteiger charge is -2.13. The largest absolute Gasteiger partial charge is 0.492 e. The summed E-state index contributed by atoms with van der Waals surface area (Å²) in [6.45, 7) is 2.89. The molecular weight excluding hydrogens is 370 g/mol. The van der Waals surface area contributed by atoms with Crippen LogP contribution in [0.4, 0.5) is 0 Å². The molecule has 4 rings (SSSR count). The Balaban J connectivity index is 1.45. The maximum absolute atomic E-state index is 12.8. The van der Waals surface area contributed by atoms with Crippen LogP contribution in [0.2, 0.25) is 0 Å². The highest BCUT2D eigenvalue weighted by Gasteiger charge is 2.09. The third-order valence-corrected chi connectivity index (χ3v) is 5.39. The molecule has 0 bridgehead atoms. The predicted molar refractivity (Wildman–Crippen MR) is 116 cm³/mol. The molecule has 1 aromatic heterocycles. The molecule has 0 radical (unpaired) electrons. The summed E-state index contributed by atoms with van der Waals surface area (Å²) in [5, 5.41) is 0.644. The lowest BCUT2D eigenvalue weighted by atomic mass is 10.2. The Morgan fingerprint density at radius 3 is 2.75 bits per heavy atom. The van der Waals surface area contributed by atoms with E-state index in [1.54, 1.807) is 16.3 Å². The van der Waals surface area contributed by atoms with Crippen LogP contribution in [0.15, 0.2) is 63.2 Å². The van der Waals surface area contributed by atoms with Gasteiger partial charge in [0, 0.05) is 17.5 Å². The second-order valence-electron chi connectivity index (χ2n) is 6.40. The van der Waals surface area contributed by atoms with Crippen molar-refractivity contribution in [1.82, 2.24) is 9.55 Å². The van der Waals surface area contributed by atoms with Gasteiger partial charge in [0.1, 0.15) is 18.2 Å². The van der Waals surface area contributed by atoms with Gasteiger partial charge in [0.2, 0.25) is 0 Å². The smallest absolute Gasteiger partial charge is 0.261 e. The topological polar surface area (TPSA) is 56.5 Å². The molecule has 1 aliphatic heterocycles. The molecule has 3 aromatic rings. The number of hydrogen-bond donors (Lipinski definition) is 0. The first-order chi connectivity index (χ1) is 13.7. The Bertz CT molecular complexity index is 1100. The number of para-hydroxylation sites is 1. The van der Waals surface area contributed by atoms with Crippen molar-refractivity contribution in [3.05, 3.63) is 75.2 Å². The SMILES string of the molecule is CCc1nc2ccccc2c(=O)n1CCOc1ccc(C=C2C=NCS2)cc1. The summed E-state index contributed by atoms with van der Waals surface area (Å²) >= 11 is 1.73. The van der Waals surface area contributed by atoms with E-state index in [1.807, 2.05) is 61.7 Å². The van der Waals surface area contributed by atoms with E-state index in [9.17, 15) is 4.79 Å². The first kappa shape index (κ1) is 18.5. The molecule has 5 nitrogen and oxygen atoms in total. The molecule has 0 spiro atoms. The molecular formula is C22H21N3O2S. The normalized spacial score (nSPS) is 14.8. The Labute approximate surface area is 167 Å². The second kappa shape index (κ2) is 8.44. The molecule has 2 heterocycles. The van der Waals surface area contributed by atoms with E-state index in [4.69, 9.17) is 4.74 Å². The first-order valence-electron chi connectivity index (χ1n) is 9.30. The summed E-state index contributed by atoms with van der Waals surface area (Å²) in [5.41, 5.74) is 1.85. The molecule has 0 aliphatic carbocycles. The number of ether oxygens (including phenoxy) is 1. The molecule has 0 saturated heterocycles. The van der Waals surface area contributed by atoms with Gasteiger partial charge in [-0.2, -0.15) is 0 Å². The van der Waals surface area contributed by atoms with Crippen molar-refractivity contribution in [2.24, 2.45) is 4.99 Å². The zero-order valence-corrected chi connectivity index (χ0v) is 16.5. The van der Waals surface area contributed by atoms with Crippen LogP contribution in [-0.2, 0) is 13.0 Å². The third-order valence-electron chi connectivity index (χ3n) is 4.55. The number of fused-ring (bicyclic) bond motifs is 1. The molecule has 0 amide bonds. The number of hydrogen-bond acceptors (Lipinski definition) is 5. The van der Waals surface area contributed by atoms with Crippen molar-refractivity contribution < 1.29 is 4.74 Å². The lowest BCUT2D eigenvalue weighted by Crippen LogP contribution is -2.27. The lowest BCUT2D eigenvalue weighted by molar-refractivity contribution is 0.294. The van der Waals surface area contributed by atoms with Crippen LogP contribution in [0.25, 0.3) is 17.0 Å². The number of benzene rings is 2. The second-order valence-corrected chi connectivity index (χ2v) is 7.42. The van der Waals surface area contributed by atoms with Crippen molar-refractivity contribution >= 4 is 35.0 Å². The number of thioether (sulfide) groups is 1. The summed E-state index contributed by atoms with van der Waals surface area (Å²) in [6.07, 6.45) is 4.71. The zero-order chi connectivity index (χ0) is 19.3. The average Bonchev–Trinajstić information content (AvgIpc) is 3.24. The first-order valence-corrected chi connectivity index (χ1v) is 10.3. The number of allylic oxidation sites excluding steroid dienone is 1. The van der Waals surface area contributed by atoms with Gasteiger partial charge in [-0.3, -0.25) is 14.4 Å². The van der Waals surface area contributed by atoms with Crippen LogP contribution < -0.4 is 10.3 Å². The molecule has 6 heteroatoms. The van der Waals surface area contributed by atoms with Gasteiger partial charge in [-0.25, -0.2) is 4.98 Å². The van der Waals surface area contributed by atoms with E-state index < -0.39 is 0 Å². The van der Waals surface area contributed by atoms with Crippen molar-refractivity contribution in [3.8, 4) is 5.75 Å². The van der Waals surface area contributed by atoms with Crippen LogP contribution >= 0.6 is 11.8 Å². The average molecular weight is 391 g/mol. The van der Waals surface area contributed by atoms with Crippen LogP contribution in [0.5, 0.6) is 5.75 Å². The van der Waals surface area contributed by atoms with Crippen LogP contribution in [0.3, 0.4) is 0 Å². The molecule has 0 fully saturated rings. The predicted octanol–water partition coefficient (Wildman–Crippen LogP) is 4.15. The number of rotatable bonds is 6. The van der Waals surface area contributed by atoms with E-state index in [0.717, 1.165) is 28.5 Å². The van der Waals surface area contributed by atoms with Gasteiger partial charge in [-0.1, -0.05) is 31.2 Å². The highest BCUT2D eigenvalue weighted by atomic mass is 32.2. The van der Waals surface area contributed by atoms with Crippen LogP contribution in [0, 0.1) is 0 Å². The molecule has 142 valence electrons. The Morgan fingerprint density at radius 1 is 1.18 bits per heavy atom. The number of aryl methyl sites for hydroxylation is 1. The fourth-order valence-electron chi connectivity index (χ4n) is 3.15. The maximum Gasteiger partial charge on any atom is 0.261 e. The van der Waals surface area contributed by atoms with Gasteiger partial charge in [0.05, 0.1) is 23.3 Å². The summed E-state index contributed by atoms with van der Waals surface area (Å²) in [4.78, 5) is 22.8. The van der Waals surface area contributed by atoms with E-state index in [-0.39, 0.29) is 5.56 Å². The minimum atomic E-state index is -0.0104. The minimum absolute atomic E-state index is 0.0104. The Morgan fingerprint density at radius 2 is 2.00 bits per heavy atom. The van der Waals surface area contributed by atoms with Crippen molar-refractivity contribution in [2.45, 2.75) is 19.9 Å². The van der Waals surface area contributed by atoms with Gasteiger partial charge < -0.3 is 4.74 Å². The number of aromatic nitrogens is 2. The molecule has 28 heavy (non-hydrogen) atoms. The number of aliphatic imine (C=N–C) groups is 1. The van der Waals surface area contributed by atoms with Gasteiger partial charge in [-0.15, -0.1) is 11.8 Å². The van der Waals surface area contributed by atoms with E-state index in [1.165, 1.54) is 4.91 Å². The fraction of sp³-hybridized carbons (Fsp3) is 0.227. The molecule has 0 N–H and O–H groups in total. The van der Waals surface area contributed by atoms with Gasteiger partial charge in [0.15, 0.2) is 0 Å². The quantitative estimate of drug-likeness (QED) is 0.633. The summed E-state index contributed by atoms with van der Waals surface area (Å²) < 4.78 is 7.58. The molecule has 0 unspecified atom stereocenters. The standard InChI is InChI=1S/C22H21N3O2S/c1-2-21-24-20-6-4-3-5-19(20)22(26)25(21)11-12-27-17-9-7-16(8-10-17)13-18-14-23-15-28-18/h3-10,13-14H,2,11-12,15H2,1H3. The van der Waals surface area contributed by atoms with E-state index in [2.05, 4.69) is 16.1 Å². The molecule has 0 atom stereocenters. The van der Waals surface area contributed by atoms with Crippen molar-refractivity contribution in [1.29, 1.82) is 0 Å². The van der Waals surface area contributed by atoms with Crippen LogP contribution in [0.1, 0.15) is 18.3 Å².